The minimum atomic E-state index is -1.44. The van der Waals surface area contributed by atoms with Crippen molar-refractivity contribution in [3.63, 3.8) is 0 Å². The van der Waals surface area contributed by atoms with Crippen LogP contribution in [0.4, 0.5) is 0 Å². The molecule has 5 nitrogen and oxygen atoms in total. The molecule has 0 radical (unpaired) electrons. The standard InChI is InChI=1S/C15H20O5/c1-3-4-9-20-12-7-5-11(6-8-12)15(2,14(18)19)10-13(16)17/h5-8H,3-4,9-10H2,1-2H3,(H,16,17)(H,18,19)/t15-/m0/s1. The molecule has 0 aliphatic heterocycles. The lowest BCUT2D eigenvalue weighted by Gasteiger charge is -2.23. The molecule has 0 spiro atoms. The maximum Gasteiger partial charge on any atom is 0.314 e. The van der Waals surface area contributed by atoms with Crippen LogP contribution < -0.4 is 4.74 Å². The number of carbonyl (C=O) groups is 2. The second-order valence-electron chi connectivity index (χ2n) is 4.93. The highest BCUT2D eigenvalue weighted by Crippen LogP contribution is 2.29. The van der Waals surface area contributed by atoms with Gasteiger partial charge in [0, 0.05) is 0 Å². The Kier molecular flexibility index (Phi) is 5.55. The second-order valence-corrected chi connectivity index (χ2v) is 4.93. The van der Waals surface area contributed by atoms with Gasteiger partial charge >= 0.3 is 11.9 Å². The molecule has 0 saturated carbocycles. The lowest BCUT2D eigenvalue weighted by Crippen LogP contribution is -2.34. The number of aliphatic carboxylic acids is 2. The van der Waals surface area contributed by atoms with Crippen molar-refractivity contribution >= 4 is 11.9 Å². The molecule has 20 heavy (non-hydrogen) atoms. The first-order chi connectivity index (χ1) is 9.40. The van der Waals surface area contributed by atoms with E-state index in [9.17, 15) is 14.7 Å². The van der Waals surface area contributed by atoms with Gasteiger partial charge in [0.1, 0.15) is 11.2 Å². The molecule has 1 aromatic carbocycles. The highest BCUT2D eigenvalue weighted by molar-refractivity contribution is 5.86. The Bertz CT molecular complexity index is 466. The summed E-state index contributed by atoms with van der Waals surface area (Å²) >= 11 is 0. The van der Waals surface area contributed by atoms with E-state index in [2.05, 4.69) is 6.92 Å². The Labute approximate surface area is 118 Å². The van der Waals surface area contributed by atoms with Gasteiger partial charge in [0.05, 0.1) is 13.0 Å². The molecule has 0 fully saturated rings. The van der Waals surface area contributed by atoms with Gasteiger partial charge in [-0.1, -0.05) is 25.5 Å². The van der Waals surface area contributed by atoms with Crippen molar-refractivity contribution in [3.05, 3.63) is 29.8 Å². The number of rotatable bonds is 8. The molecule has 0 aromatic heterocycles. The Hall–Kier alpha value is -2.04. The molecule has 0 heterocycles. The van der Waals surface area contributed by atoms with Gasteiger partial charge in [-0.05, 0) is 31.0 Å². The third-order valence-electron chi connectivity index (χ3n) is 3.23. The van der Waals surface area contributed by atoms with E-state index in [1.807, 2.05) is 0 Å². The van der Waals surface area contributed by atoms with Gasteiger partial charge in [-0.25, -0.2) is 0 Å². The van der Waals surface area contributed by atoms with E-state index in [0.717, 1.165) is 12.8 Å². The molecule has 1 rings (SSSR count). The molecule has 0 bridgehead atoms. The van der Waals surface area contributed by atoms with E-state index in [1.165, 1.54) is 6.92 Å². The molecule has 0 unspecified atom stereocenters. The van der Waals surface area contributed by atoms with Crippen molar-refractivity contribution in [2.24, 2.45) is 0 Å². The van der Waals surface area contributed by atoms with Crippen LogP contribution in [0, 0.1) is 0 Å². The third kappa shape index (κ3) is 3.98. The van der Waals surface area contributed by atoms with Crippen LogP contribution in [0.1, 0.15) is 38.7 Å². The van der Waals surface area contributed by atoms with Crippen LogP contribution in [0.25, 0.3) is 0 Å². The van der Waals surface area contributed by atoms with Gasteiger partial charge in [0.2, 0.25) is 0 Å². The molecule has 0 amide bonds. The van der Waals surface area contributed by atoms with Gasteiger partial charge in [0.15, 0.2) is 0 Å². The fourth-order valence-corrected chi connectivity index (χ4v) is 1.86. The van der Waals surface area contributed by atoms with Crippen molar-refractivity contribution in [2.75, 3.05) is 6.61 Å². The van der Waals surface area contributed by atoms with Gasteiger partial charge in [-0.3, -0.25) is 9.59 Å². The molecule has 1 atom stereocenters. The topological polar surface area (TPSA) is 83.8 Å². The third-order valence-corrected chi connectivity index (χ3v) is 3.23. The summed E-state index contributed by atoms with van der Waals surface area (Å²) in [5.41, 5.74) is -0.983. The normalized spacial score (nSPS) is 13.5. The van der Waals surface area contributed by atoms with Crippen LogP contribution in [-0.4, -0.2) is 28.8 Å². The summed E-state index contributed by atoms with van der Waals surface area (Å²) in [4.78, 5) is 22.2. The average molecular weight is 280 g/mol. The van der Waals surface area contributed by atoms with Crippen LogP contribution in [0.3, 0.4) is 0 Å². The zero-order chi connectivity index (χ0) is 15.2. The molecular formula is C15H20O5. The van der Waals surface area contributed by atoms with Crippen molar-refractivity contribution in [2.45, 2.75) is 38.5 Å². The van der Waals surface area contributed by atoms with Gasteiger partial charge < -0.3 is 14.9 Å². The number of ether oxygens (including phenoxy) is 1. The van der Waals surface area contributed by atoms with Crippen LogP contribution in [0.2, 0.25) is 0 Å². The first-order valence-electron chi connectivity index (χ1n) is 6.58. The summed E-state index contributed by atoms with van der Waals surface area (Å²) < 4.78 is 5.49. The Morgan fingerprint density at radius 1 is 1.20 bits per heavy atom. The maximum atomic E-state index is 11.4. The van der Waals surface area contributed by atoms with Gasteiger partial charge in [-0.2, -0.15) is 0 Å². The van der Waals surface area contributed by atoms with Crippen molar-refractivity contribution in [1.82, 2.24) is 0 Å². The summed E-state index contributed by atoms with van der Waals surface area (Å²) in [5.74, 6) is -1.64. The highest BCUT2D eigenvalue weighted by Gasteiger charge is 2.37. The minimum Gasteiger partial charge on any atom is -0.494 e. The fourth-order valence-electron chi connectivity index (χ4n) is 1.86. The maximum absolute atomic E-state index is 11.4. The van der Waals surface area contributed by atoms with Crippen molar-refractivity contribution < 1.29 is 24.5 Å². The summed E-state index contributed by atoms with van der Waals surface area (Å²) in [6, 6.07) is 6.57. The van der Waals surface area contributed by atoms with E-state index in [0.29, 0.717) is 17.9 Å². The zero-order valence-corrected chi connectivity index (χ0v) is 11.8. The summed E-state index contributed by atoms with van der Waals surface area (Å²) in [6.45, 7) is 4.09. The summed E-state index contributed by atoms with van der Waals surface area (Å²) in [7, 11) is 0. The van der Waals surface area contributed by atoms with Crippen molar-refractivity contribution in [3.8, 4) is 5.75 Å². The lowest BCUT2D eigenvalue weighted by atomic mass is 9.79. The summed E-state index contributed by atoms with van der Waals surface area (Å²) in [6.07, 6.45) is 1.53. The molecule has 0 aliphatic rings. The van der Waals surface area contributed by atoms with Crippen LogP contribution in [-0.2, 0) is 15.0 Å². The molecule has 110 valence electrons. The van der Waals surface area contributed by atoms with E-state index in [4.69, 9.17) is 9.84 Å². The Morgan fingerprint density at radius 3 is 2.25 bits per heavy atom. The van der Waals surface area contributed by atoms with E-state index in [1.54, 1.807) is 24.3 Å². The van der Waals surface area contributed by atoms with Gasteiger partial charge in [-0.15, -0.1) is 0 Å². The molecular weight excluding hydrogens is 260 g/mol. The number of hydrogen-bond acceptors (Lipinski definition) is 3. The van der Waals surface area contributed by atoms with Gasteiger partial charge in [0.25, 0.3) is 0 Å². The minimum absolute atomic E-state index is 0.454. The zero-order valence-electron chi connectivity index (χ0n) is 11.8. The molecule has 1 aromatic rings. The van der Waals surface area contributed by atoms with E-state index in [-0.39, 0.29) is 0 Å². The molecule has 2 N–H and O–H groups in total. The number of hydrogen-bond donors (Lipinski definition) is 2. The quantitative estimate of drug-likeness (QED) is 0.715. The van der Waals surface area contributed by atoms with Crippen LogP contribution in [0.15, 0.2) is 24.3 Å². The first-order valence-corrected chi connectivity index (χ1v) is 6.58. The monoisotopic (exact) mass is 280 g/mol. The number of carboxylic acids is 2. The highest BCUT2D eigenvalue weighted by atomic mass is 16.5. The summed E-state index contributed by atoms with van der Waals surface area (Å²) in [5, 5.41) is 18.2. The predicted octanol–water partition coefficient (Wildman–Crippen LogP) is 2.68. The average Bonchev–Trinajstić information content (AvgIpc) is 2.38. The lowest BCUT2D eigenvalue weighted by molar-refractivity contribution is -0.149. The first kappa shape index (κ1) is 16.0. The largest absolute Gasteiger partial charge is 0.494 e. The second kappa shape index (κ2) is 6.93. The molecule has 5 heteroatoms. The Morgan fingerprint density at radius 2 is 1.80 bits per heavy atom. The Balaban J connectivity index is 2.88. The smallest absolute Gasteiger partial charge is 0.314 e. The fraction of sp³-hybridized carbons (Fsp3) is 0.467. The van der Waals surface area contributed by atoms with Crippen LogP contribution in [0.5, 0.6) is 5.75 Å². The van der Waals surface area contributed by atoms with E-state index >= 15 is 0 Å². The van der Waals surface area contributed by atoms with E-state index < -0.39 is 23.8 Å². The number of benzene rings is 1. The SMILES string of the molecule is CCCCOc1ccc([C@](C)(CC(=O)O)C(=O)O)cc1. The van der Waals surface area contributed by atoms with Crippen LogP contribution >= 0.6 is 0 Å². The molecule has 0 aliphatic carbocycles. The number of unbranched alkanes of at least 4 members (excludes halogenated alkanes) is 1. The number of carboxylic acid groups (broad SMARTS) is 2. The predicted molar refractivity (Wildman–Crippen MR) is 74.1 cm³/mol. The van der Waals surface area contributed by atoms with Crippen molar-refractivity contribution in [1.29, 1.82) is 0 Å². The molecule has 0 saturated heterocycles.